The molecule has 1 saturated carbocycles. The first-order chi connectivity index (χ1) is 22.0. The molecular weight excluding hydrogens is 556 g/mol. The molecule has 2 aromatic rings. The van der Waals surface area contributed by atoms with Crippen molar-refractivity contribution in [2.75, 3.05) is 5.32 Å². The molecule has 1 heterocycles. The largest absolute Gasteiger partial charge is 0.358 e. The van der Waals surface area contributed by atoms with Crippen molar-refractivity contribution in [3.05, 3.63) is 120 Å². The number of nitrogens with zero attached hydrogens (tertiary/aromatic N) is 1. The van der Waals surface area contributed by atoms with Crippen LogP contribution in [0.4, 0.5) is 5.69 Å². The van der Waals surface area contributed by atoms with E-state index in [0.29, 0.717) is 5.92 Å². The molecule has 2 nitrogen and oxygen atoms in total. The topological polar surface area (TPSA) is 24.9 Å². The Balaban J connectivity index is 0.00000157. The van der Waals surface area contributed by atoms with Gasteiger partial charge in [0.25, 0.3) is 0 Å². The summed E-state index contributed by atoms with van der Waals surface area (Å²) in [6.45, 7) is 31.3. The molecule has 0 bridgehead atoms. The highest BCUT2D eigenvalue weighted by Gasteiger charge is 2.30. The monoisotopic (exact) mass is 625 g/mol. The van der Waals surface area contributed by atoms with Crippen LogP contribution >= 0.6 is 0 Å². The molecule has 1 aromatic heterocycles. The lowest BCUT2D eigenvalue weighted by Gasteiger charge is -2.13. The number of pyridine rings is 1. The fourth-order valence-electron chi connectivity index (χ4n) is 4.16. The van der Waals surface area contributed by atoms with E-state index in [1.54, 1.807) is 0 Å². The van der Waals surface area contributed by atoms with Crippen LogP contribution in [0, 0.1) is 11.3 Å². The zero-order chi connectivity index (χ0) is 35.0. The minimum atomic E-state index is 0.528. The van der Waals surface area contributed by atoms with Crippen molar-refractivity contribution in [2.24, 2.45) is 11.3 Å². The van der Waals surface area contributed by atoms with Crippen molar-refractivity contribution in [3.8, 4) is 0 Å². The van der Waals surface area contributed by atoms with Crippen molar-refractivity contribution in [3.63, 3.8) is 0 Å². The molecule has 1 aliphatic carbocycles. The summed E-state index contributed by atoms with van der Waals surface area (Å²) < 4.78 is 0. The standard InChI is InChI=1S/C33H44N2.C5H10.C4H8.C2H6/c1-8-12-29(13-9-2)33-21-20-32(24-34-33)35-31(15-11-4)23-27-16-18-28(19-17-27)30(14-10-3)22-26(7)25(5)6;1-5(2)3-4-5;1-3-4-2;1-2/h10,12,14-22,24-25,35H,3,8-9,11,13,23H2,1-2,4-7H3;3-4H2,1-2H3;3H,1,4H2,2H3;1-2H3/b26-22-,29-12+,30-14+,31-15?;;;. The van der Waals surface area contributed by atoms with Gasteiger partial charge in [-0.15, -0.1) is 6.58 Å². The molecule has 1 aromatic carbocycles. The number of benzene rings is 1. The van der Waals surface area contributed by atoms with E-state index < -0.39 is 0 Å². The van der Waals surface area contributed by atoms with E-state index >= 15 is 0 Å². The van der Waals surface area contributed by atoms with Gasteiger partial charge < -0.3 is 5.32 Å². The highest BCUT2D eigenvalue weighted by molar-refractivity contribution is 5.76. The third kappa shape index (κ3) is 18.5. The van der Waals surface area contributed by atoms with E-state index in [-0.39, 0.29) is 0 Å². The lowest BCUT2D eigenvalue weighted by atomic mass is 9.96. The zero-order valence-corrected chi connectivity index (χ0v) is 31.6. The van der Waals surface area contributed by atoms with Gasteiger partial charge in [0.1, 0.15) is 0 Å². The third-order valence-corrected chi connectivity index (χ3v) is 7.63. The van der Waals surface area contributed by atoms with Crippen LogP contribution in [0.3, 0.4) is 0 Å². The highest BCUT2D eigenvalue weighted by atomic mass is 14.9. The molecule has 0 amide bonds. The number of allylic oxidation sites excluding steroid dienone is 10. The molecule has 46 heavy (non-hydrogen) atoms. The van der Waals surface area contributed by atoms with Crippen molar-refractivity contribution in [1.29, 1.82) is 0 Å². The quantitative estimate of drug-likeness (QED) is 0.167. The Labute approximate surface area is 285 Å². The Morgan fingerprint density at radius 3 is 1.91 bits per heavy atom. The Morgan fingerprint density at radius 2 is 1.50 bits per heavy atom. The van der Waals surface area contributed by atoms with Crippen LogP contribution in [0.25, 0.3) is 11.1 Å². The van der Waals surface area contributed by atoms with Gasteiger partial charge in [0, 0.05) is 12.1 Å². The van der Waals surface area contributed by atoms with Gasteiger partial charge >= 0.3 is 0 Å². The van der Waals surface area contributed by atoms with Gasteiger partial charge in [0.15, 0.2) is 0 Å². The maximum absolute atomic E-state index is 4.74. The predicted molar refractivity (Wildman–Crippen MR) is 211 cm³/mol. The summed E-state index contributed by atoms with van der Waals surface area (Å²) in [6.07, 6.45) is 23.7. The maximum Gasteiger partial charge on any atom is 0.0660 e. The maximum atomic E-state index is 4.74. The molecule has 3 rings (SSSR count). The lowest BCUT2D eigenvalue weighted by Crippen LogP contribution is -2.04. The second kappa shape index (κ2) is 24.8. The van der Waals surface area contributed by atoms with Crippen LogP contribution < -0.4 is 5.32 Å². The van der Waals surface area contributed by atoms with E-state index in [4.69, 9.17) is 4.98 Å². The minimum absolute atomic E-state index is 0.528. The fourth-order valence-corrected chi connectivity index (χ4v) is 4.16. The Hall–Kier alpha value is -3.39. The molecule has 0 radical (unpaired) electrons. The van der Waals surface area contributed by atoms with Crippen molar-refractivity contribution >= 4 is 16.8 Å². The summed E-state index contributed by atoms with van der Waals surface area (Å²) in [4.78, 5) is 4.74. The van der Waals surface area contributed by atoms with Crippen LogP contribution in [0.1, 0.15) is 138 Å². The highest BCUT2D eigenvalue weighted by Crippen LogP contribution is 2.43. The molecule has 0 unspecified atom stereocenters. The van der Waals surface area contributed by atoms with Crippen molar-refractivity contribution in [2.45, 2.75) is 128 Å². The number of aromatic nitrogens is 1. The van der Waals surface area contributed by atoms with E-state index in [9.17, 15) is 0 Å². The van der Waals surface area contributed by atoms with Gasteiger partial charge in [-0.3, -0.25) is 4.98 Å². The third-order valence-electron chi connectivity index (χ3n) is 7.63. The number of anilines is 1. The number of hydrogen-bond acceptors (Lipinski definition) is 2. The molecule has 1 aliphatic rings. The van der Waals surface area contributed by atoms with E-state index in [1.165, 1.54) is 46.4 Å². The zero-order valence-electron chi connectivity index (χ0n) is 31.6. The first-order valence-electron chi connectivity index (χ1n) is 17.9. The van der Waals surface area contributed by atoms with Crippen LogP contribution in [0.2, 0.25) is 0 Å². The van der Waals surface area contributed by atoms with Crippen LogP contribution in [-0.4, -0.2) is 4.98 Å². The lowest BCUT2D eigenvalue weighted by molar-refractivity contribution is 0.653. The summed E-state index contributed by atoms with van der Waals surface area (Å²) in [5.41, 5.74) is 10.5. The van der Waals surface area contributed by atoms with E-state index in [1.807, 2.05) is 32.2 Å². The Morgan fingerprint density at radius 1 is 0.913 bits per heavy atom. The van der Waals surface area contributed by atoms with Gasteiger partial charge in [-0.1, -0.05) is 149 Å². The smallest absolute Gasteiger partial charge is 0.0660 e. The summed E-state index contributed by atoms with van der Waals surface area (Å²) in [5.74, 6) is 0.528. The second-order valence-corrected chi connectivity index (χ2v) is 12.7. The van der Waals surface area contributed by atoms with Gasteiger partial charge in [-0.2, -0.15) is 0 Å². The van der Waals surface area contributed by atoms with Gasteiger partial charge in [-0.05, 0) is 91.2 Å². The summed E-state index contributed by atoms with van der Waals surface area (Å²) in [7, 11) is 0. The van der Waals surface area contributed by atoms with Gasteiger partial charge in [0.05, 0.1) is 17.6 Å². The summed E-state index contributed by atoms with van der Waals surface area (Å²) in [5, 5.41) is 3.60. The number of hydrogen-bond donors (Lipinski definition) is 1. The Kier molecular flexibility index (Phi) is 23.0. The Bertz CT molecular complexity index is 1230. The second-order valence-electron chi connectivity index (χ2n) is 12.7. The predicted octanol–water partition coefficient (Wildman–Crippen LogP) is 14.2. The summed E-state index contributed by atoms with van der Waals surface area (Å²) in [6, 6.07) is 13.2. The first kappa shape index (κ1) is 42.6. The molecule has 0 atom stereocenters. The van der Waals surface area contributed by atoms with Crippen LogP contribution in [0.15, 0.2) is 103 Å². The molecule has 1 fully saturated rings. The molecule has 2 heteroatoms. The molecule has 0 aliphatic heterocycles. The average Bonchev–Trinajstić information content (AvgIpc) is 3.76. The normalized spacial score (nSPS) is 14.1. The van der Waals surface area contributed by atoms with Gasteiger partial charge in [-0.25, -0.2) is 0 Å². The van der Waals surface area contributed by atoms with E-state index in [2.05, 4.69) is 141 Å². The summed E-state index contributed by atoms with van der Waals surface area (Å²) >= 11 is 0. The molecular formula is C44H68N2. The fraction of sp³-hybridized carbons (Fsp3) is 0.477. The van der Waals surface area contributed by atoms with Gasteiger partial charge in [0.2, 0.25) is 0 Å². The minimum Gasteiger partial charge on any atom is -0.358 e. The molecule has 254 valence electrons. The number of rotatable bonds is 14. The first-order valence-corrected chi connectivity index (χ1v) is 17.9. The molecule has 1 N–H and O–H groups in total. The SMILES string of the molecule is C=C/C=C(\C=C(\C)C(C)C)c1ccc(CC(=CCC)Nc2ccc(/C(=C/CC)CCC)nc2)cc1.C=CCC.CC.CC1(C)CC1. The number of nitrogens with one attached hydrogen (secondary N) is 1. The van der Waals surface area contributed by atoms with Crippen molar-refractivity contribution < 1.29 is 0 Å². The van der Waals surface area contributed by atoms with Crippen molar-refractivity contribution in [1.82, 2.24) is 4.98 Å². The van der Waals surface area contributed by atoms with Crippen LogP contribution in [-0.2, 0) is 6.42 Å². The van der Waals surface area contributed by atoms with Crippen LogP contribution in [0.5, 0.6) is 0 Å². The average molecular weight is 625 g/mol. The molecule has 0 spiro atoms. The van der Waals surface area contributed by atoms with E-state index in [0.717, 1.165) is 55.3 Å². The molecule has 0 saturated heterocycles.